The maximum Gasteiger partial charge on any atom is 0.149 e. The lowest BCUT2D eigenvalue weighted by molar-refractivity contribution is 0.636. The highest BCUT2D eigenvalue weighted by Crippen LogP contribution is 2.19. The van der Waals surface area contributed by atoms with Gasteiger partial charge in [0.05, 0.1) is 0 Å². The van der Waals surface area contributed by atoms with Gasteiger partial charge in [0.15, 0.2) is 0 Å². The van der Waals surface area contributed by atoms with E-state index in [2.05, 4.69) is 11.9 Å². The largest absolute Gasteiger partial charge is 0.250 e. The lowest BCUT2D eigenvalue weighted by Gasteiger charge is -2.05. The van der Waals surface area contributed by atoms with Crippen LogP contribution in [-0.4, -0.2) is 4.98 Å². The Hall–Kier alpha value is -1.44. The second-order valence-corrected chi connectivity index (χ2v) is 3.40. The van der Waals surface area contributed by atoms with Gasteiger partial charge in [-0.3, -0.25) is 0 Å². The van der Waals surface area contributed by atoms with Crippen molar-refractivity contribution in [1.29, 1.82) is 0 Å². The Labute approximate surface area is 82.6 Å². The third kappa shape index (κ3) is 1.37. The molecule has 0 fully saturated rings. The molecule has 0 atom stereocenters. The summed E-state index contributed by atoms with van der Waals surface area (Å²) >= 11 is 0. The lowest BCUT2D eigenvalue weighted by atomic mass is 10.1. The van der Waals surface area contributed by atoms with Crippen LogP contribution >= 0.6 is 0 Å². The zero-order chi connectivity index (χ0) is 10.1. The molecule has 2 aromatic rings. The molecule has 0 bridgehead atoms. The fourth-order valence-electron chi connectivity index (χ4n) is 1.66. The number of aromatic nitrogens is 1. The van der Waals surface area contributed by atoms with Crippen molar-refractivity contribution in [3.63, 3.8) is 0 Å². The van der Waals surface area contributed by atoms with Gasteiger partial charge in [-0.2, -0.15) is 0 Å². The Morgan fingerprint density at radius 1 is 1.36 bits per heavy atom. The molecule has 0 amide bonds. The molecular weight excluding hydrogens is 177 g/mol. The molecule has 2 heteroatoms. The van der Waals surface area contributed by atoms with Gasteiger partial charge in [-0.15, -0.1) is 0 Å². The van der Waals surface area contributed by atoms with E-state index in [0.29, 0.717) is 5.52 Å². The van der Waals surface area contributed by atoms with E-state index < -0.39 is 0 Å². The molecule has 1 aromatic carbocycles. The van der Waals surface area contributed by atoms with Crippen LogP contribution in [0.2, 0.25) is 0 Å². The molecule has 0 unspecified atom stereocenters. The Morgan fingerprint density at radius 3 is 2.86 bits per heavy atom. The number of rotatable bonds is 1. The highest BCUT2D eigenvalue weighted by atomic mass is 19.1. The summed E-state index contributed by atoms with van der Waals surface area (Å²) < 4.78 is 13.3. The van der Waals surface area contributed by atoms with Crippen molar-refractivity contribution in [1.82, 2.24) is 4.98 Å². The van der Waals surface area contributed by atoms with Crippen LogP contribution in [0.5, 0.6) is 0 Å². The quantitative estimate of drug-likeness (QED) is 0.671. The van der Waals surface area contributed by atoms with Gasteiger partial charge in [0.1, 0.15) is 11.3 Å². The average Bonchev–Trinajstić information content (AvgIpc) is 2.19. The molecule has 72 valence electrons. The van der Waals surface area contributed by atoms with E-state index in [9.17, 15) is 4.39 Å². The first-order valence-corrected chi connectivity index (χ1v) is 4.77. The summed E-state index contributed by atoms with van der Waals surface area (Å²) in [6.45, 7) is 4.00. The van der Waals surface area contributed by atoms with E-state index in [1.54, 1.807) is 6.07 Å². The van der Waals surface area contributed by atoms with Crippen molar-refractivity contribution in [2.24, 2.45) is 0 Å². The number of aryl methyl sites for hydroxylation is 2. The van der Waals surface area contributed by atoms with Crippen LogP contribution < -0.4 is 0 Å². The van der Waals surface area contributed by atoms with Crippen LogP contribution in [0.1, 0.15) is 18.2 Å². The SMILES string of the molecule is CCc1cc2cccc(F)c2nc1C. The van der Waals surface area contributed by atoms with Gasteiger partial charge in [-0.25, -0.2) is 9.37 Å². The normalized spacial score (nSPS) is 10.8. The van der Waals surface area contributed by atoms with Gasteiger partial charge in [0.2, 0.25) is 0 Å². The van der Waals surface area contributed by atoms with E-state index in [1.807, 2.05) is 19.1 Å². The summed E-state index contributed by atoms with van der Waals surface area (Å²) in [5.74, 6) is -0.242. The molecule has 0 saturated heterocycles. The summed E-state index contributed by atoms with van der Waals surface area (Å²) in [6, 6.07) is 7.07. The van der Waals surface area contributed by atoms with E-state index in [-0.39, 0.29) is 5.82 Å². The molecule has 0 spiro atoms. The monoisotopic (exact) mass is 189 g/mol. The van der Waals surface area contributed by atoms with E-state index in [4.69, 9.17) is 0 Å². The molecule has 1 aromatic heterocycles. The van der Waals surface area contributed by atoms with Crippen LogP contribution in [0, 0.1) is 12.7 Å². The number of hydrogen-bond acceptors (Lipinski definition) is 1. The van der Waals surface area contributed by atoms with Crippen LogP contribution in [0.25, 0.3) is 10.9 Å². The van der Waals surface area contributed by atoms with Crippen molar-refractivity contribution in [3.8, 4) is 0 Å². The first-order valence-electron chi connectivity index (χ1n) is 4.77. The maximum absolute atomic E-state index is 13.3. The summed E-state index contributed by atoms with van der Waals surface area (Å²) in [6.07, 6.45) is 0.936. The van der Waals surface area contributed by atoms with Crippen molar-refractivity contribution < 1.29 is 4.39 Å². The minimum Gasteiger partial charge on any atom is -0.250 e. The number of nitrogens with zero attached hydrogens (tertiary/aromatic N) is 1. The molecule has 0 aliphatic carbocycles. The molecule has 0 aliphatic heterocycles. The van der Waals surface area contributed by atoms with E-state index in [0.717, 1.165) is 17.5 Å². The van der Waals surface area contributed by atoms with Crippen LogP contribution in [0.4, 0.5) is 4.39 Å². The number of benzene rings is 1. The first kappa shape index (κ1) is 9.13. The van der Waals surface area contributed by atoms with Crippen LogP contribution in [0.3, 0.4) is 0 Å². The molecule has 0 N–H and O–H groups in total. The Kier molecular flexibility index (Phi) is 2.20. The van der Waals surface area contributed by atoms with Crippen molar-refractivity contribution in [2.75, 3.05) is 0 Å². The molecule has 2 rings (SSSR count). The highest BCUT2D eigenvalue weighted by Gasteiger charge is 2.04. The predicted molar refractivity (Wildman–Crippen MR) is 55.8 cm³/mol. The molecule has 1 nitrogen and oxygen atoms in total. The number of pyridine rings is 1. The standard InChI is InChI=1S/C12H12FN/c1-3-9-7-10-5-4-6-11(13)12(10)14-8(9)2/h4-7H,3H2,1-2H3. The summed E-state index contributed by atoms with van der Waals surface area (Å²) in [7, 11) is 0. The molecular formula is C12H12FN. The fraction of sp³-hybridized carbons (Fsp3) is 0.250. The number of hydrogen-bond donors (Lipinski definition) is 0. The Bertz CT molecular complexity index is 477. The Balaban J connectivity index is 2.79. The average molecular weight is 189 g/mol. The molecule has 1 heterocycles. The predicted octanol–water partition coefficient (Wildman–Crippen LogP) is 3.24. The second-order valence-electron chi connectivity index (χ2n) is 3.40. The smallest absolute Gasteiger partial charge is 0.149 e. The van der Waals surface area contributed by atoms with Gasteiger partial charge in [0, 0.05) is 11.1 Å². The van der Waals surface area contributed by atoms with Crippen molar-refractivity contribution >= 4 is 10.9 Å². The third-order valence-corrected chi connectivity index (χ3v) is 2.47. The van der Waals surface area contributed by atoms with Gasteiger partial charge in [0.25, 0.3) is 0 Å². The van der Waals surface area contributed by atoms with Crippen LogP contribution in [0.15, 0.2) is 24.3 Å². The molecule has 0 saturated carbocycles. The zero-order valence-corrected chi connectivity index (χ0v) is 8.34. The number of para-hydroxylation sites is 1. The lowest BCUT2D eigenvalue weighted by Crippen LogP contribution is -1.93. The maximum atomic E-state index is 13.3. The third-order valence-electron chi connectivity index (χ3n) is 2.47. The van der Waals surface area contributed by atoms with Crippen molar-refractivity contribution in [3.05, 3.63) is 41.3 Å². The first-order chi connectivity index (χ1) is 6.72. The minimum atomic E-state index is -0.242. The second kappa shape index (κ2) is 3.37. The van der Waals surface area contributed by atoms with Crippen LogP contribution in [-0.2, 0) is 6.42 Å². The van der Waals surface area contributed by atoms with Gasteiger partial charge < -0.3 is 0 Å². The van der Waals surface area contributed by atoms with Gasteiger partial charge in [-0.1, -0.05) is 19.1 Å². The summed E-state index contributed by atoms with van der Waals surface area (Å²) in [5.41, 5.74) is 2.58. The van der Waals surface area contributed by atoms with Crippen molar-refractivity contribution in [2.45, 2.75) is 20.3 Å². The molecule has 0 radical (unpaired) electrons. The van der Waals surface area contributed by atoms with Gasteiger partial charge in [-0.05, 0) is 31.0 Å². The molecule has 0 aliphatic rings. The minimum absolute atomic E-state index is 0.242. The van der Waals surface area contributed by atoms with Gasteiger partial charge >= 0.3 is 0 Å². The summed E-state index contributed by atoms with van der Waals surface area (Å²) in [4.78, 5) is 4.27. The number of fused-ring (bicyclic) bond motifs is 1. The van der Waals surface area contributed by atoms with E-state index >= 15 is 0 Å². The van der Waals surface area contributed by atoms with E-state index in [1.165, 1.54) is 11.6 Å². The number of halogens is 1. The topological polar surface area (TPSA) is 12.9 Å². The Morgan fingerprint density at radius 2 is 2.14 bits per heavy atom. The fourth-order valence-corrected chi connectivity index (χ4v) is 1.66. The summed E-state index contributed by atoms with van der Waals surface area (Å²) in [5, 5.41) is 0.882. The highest BCUT2D eigenvalue weighted by molar-refractivity contribution is 5.80. The molecule has 14 heavy (non-hydrogen) atoms. The zero-order valence-electron chi connectivity index (χ0n) is 8.34.